The summed E-state index contributed by atoms with van der Waals surface area (Å²) in [6.07, 6.45) is 2.85. The molecule has 0 aromatic carbocycles. The molecule has 4 amide bonds. The predicted octanol–water partition coefficient (Wildman–Crippen LogP) is 0.397. The molecule has 3 fully saturated rings. The number of nitrogens with zero attached hydrogens (tertiary/aromatic N) is 1. The predicted molar refractivity (Wildman–Crippen MR) is 49.7 cm³/mol. The first kappa shape index (κ1) is 8.88. The Morgan fingerprint density at radius 3 is 2.20 bits per heavy atom. The molecule has 15 heavy (non-hydrogen) atoms. The lowest BCUT2D eigenvalue weighted by Crippen LogP contribution is -2.62. The van der Waals surface area contributed by atoms with Crippen molar-refractivity contribution in [2.45, 2.75) is 38.1 Å². The van der Waals surface area contributed by atoms with E-state index in [-0.39, 0.29) is 11.4 Å². The van der Waals surface area contributed by atoms with E-state index in [1.165, 1.54) is 4.90 Å². The SMILES string of the molecule is CC1(N2C(=O)NC(=O)C3(CC3)C2=O)CC1. The highest BCUT2D eigenvalue weighted by molar-refractivity contribution is 6.21. The van der Waals surface area contributed by atoms with Gasteiger partial charge in [0.1, 0.15) is 5.41 Å². The topological polar surface area (TPSA) is 66.5 Å². The summed E-state index contributed by atoms with van der Waals surface area (Å²) in [6, 6.07) is -0.539. The molecule has 0 atom stereocenters. The van der Waals surface area contributed by atoms with Crippen molar-refractivity contribution in [2.24, 2.45) is 5.41 Å². The van der Waals surface area contributed by atoms with Crippen molar-refractivity contribution in [3.05, 3.63) is 0 Å². The number of hydrogen-bond acceptors (Lipinski definition) is 3. The lowest BCUT2D eigenvalue weighted by molar-refractivity contribution is -0.146. The summed E-state index contributed by atoms with van der Waals surface area (Å²) in [5.74, 6) is -0.686. The molecule has 0 unspecified atom stereocenters. The van der Waals surface area contributed by atoms with Gasteiger partial charge in [-0.3, -0.25) is 19.8 Å². The number of nitrogens with one attached hydrogen (secondary N) is 1. The molecule has 0 radical (unpaired) electrons. The maximum Gasteiger partial charge on any atom is 0.331 e. The van der Waals surface area contributed by atoms with Crippen LogP contribution in [0.2, 0.25) is 0 Å². The molecule has 1 spiro atoms. The lowest BCUT2D eigenvalue weighted by atomic mass is 10.0. The number of carbonyl (C=O) groups excluding carboxylic acids is 3. The molecule has 5 heteroatoms. The van der Waals surface area contributed by atoms with Crippen LogP contribution in [-0.4, -0.2) is 28.3 Å². The average molecular weight is 208 g/mol. The average Bonchev–Trinajstić information content (AvgIpc) is 2.99. The quantitative estimate of drug-likeness (QED) is 0.634. The monoisotopic (exact) mass is 208 g/mol. The molecule has 2 saturated carbocycles. The Balaban J connectivity index is 1.98. The molecule has 0 aromatic heterocycles. The summed E-state index contributed by atoms with van der Waals surface area (Å²) in [6.45, 7) is 1.89. The Kier molecular flexibility index (Phi) is 1.32. The number of imide groups is 2. The van der Waals surface area contributed by atoms with Gasteiger partial charge in [-0.2, -0.15) is 0 Å². The van der Waals surface area contributed by atoms with E-state index >= 15 is 0 Å². The standard InChI is InChI=1S/C10H12N2O3/c1-9(2-3-9)12-7(14)10(4-5-10)6(13)11-8(12)15/h2-5H2,1H3,(H,11,13,15). The van der Waals surface area contributed by atoms with Crippen molar-refractivity contribution < 1.29 is 14.4 Å². The zero-order valence-corrected chi connectivity index (χ0v) is 8.50. The van der Waals surface area contributed by atoms with Crippen LogP contribution in [0, 0.1) is 5.41 Å². The van der Waals surface area contributed by atoms with Crippen LogP contribution in [0.1, 0.15) is 32.6 Å². The summed E-state index contributed by atoms with van der Waals surface area (Å²) in [5.41, 5.74) is -1.23. The fourth-order valence-corrected chi connectivity index (χ4v) is 2.14. The van der Waals surface area contributed by atoms with Crippen LogP contribution >= 0.6 is 0 Å². The molecule has 5 nitrogen and oxygen atoms in total. The van der Waals surface area contributed by atoms with Gasteiger partial charge < -0.3 is 0 Å². The van der Waals surface area contributed by atoms with Gasteiger partial charge in [0.2, 0.25) is 11.8 Å². The van der Waals surface area contributed by atoms with E-state index in [2.05, 4.69) is 5.32 Å². The van der Waals surface area contributed by atoms with Gasteiger partial charge in [-0.15, -0.1) is 0 Å². The molecule has 1 N–H and O–H groups in total. The summed E-state index contributed by atoms with van der Waals surface area (Å²) < 4.78 is 0. The molecule has 80 valence electrons. The van der Waals surface area contributed by atoms with E-state index in [9.17, 15) is 14.4 Å². The number of barbiturate groups is 1. The Morgan fingerprint density at radius 1 is 1.13 bits per heavy atom. The molecule has 1 saturated heterocycles. The van der Waals surface area contributed by atoms with Crippen LogP contribution in [0.25, 0.3) is 0 Å². The zero-order valence-electron chi connectivity index (χ0n) is 8.50. The van der Waals surface area contributed by atoms with Gasteiger partial charge in [0, 0.05) is 5.54 Å². The van der Waals surface area contributed by atoms with E-state index in [1.807, 2.05) is 6.92 Å². The van der Waals surface area contributed by atoms with Crippen LogP contribution in [0.5, 0.6) is 0 Å². The van der Waals surface area contributed by atoms with Gasteiger partial charge in [-0.25, -0.2) is 4.79 Å². The zero-order chi connectivity index (χ0) is 10.8. The molecule has 2 aliphatic carbocycles. The Hall–Kier alpha value is -1.39. The Morgan fingerprint density at radius 2 is 1.73 bits per heavy atom. The van der Waals surface area contributed by atoms with Gasteiger partial charge in [-0.1, -0.05) is 0 Å². The second kappa shape index (κ2) is 2.23. The van der Waals surface area contributed by atoms with Crippen molar-refractivity contribution in [2.75, 3.05) is 0 Å². The molecule has 1 heterocycles. The Bertz CT molecular complexity index is 393. The van der Waals surface area contributed by atoms with Crippen LogP contribution in [0.3, 0.4) is 0 Å². The maximum absolute atomic E-state index is 12.1. The molecule has 3 aliphatic rings. The number of amides is 4. The van der Waals surface area contributed by atoms with Gasteiger partial charge in [-0.05, 0) is 32.6 Å². The normalized spacial score (nSPS) is 30.5. The van der Waals surface area contributed by atoms with E-state index in [0.29, 0.717) is 12.8 Å². The van der Waals surface area contributed by atoms with Crippen LogP contribution in [0.4, 0.5) is 4.79 Å². The highest BCUT2D eigenvalue weighted by atomic mass is 16.2. The summed E-state index contributed by atoms with van der Waals surface area (Å²) in [5, 5.41) is 2.29. The minimum Gasteiger partial charge on any atom is -0.277 e. The molecule has 0 bridgehead atoms. The maximum atomic E-state index is 12.1. The third-order valence-electron chi connectivity index (χ3n) is 3.73. The lowest BCUT2D eigenvalue weighted by Gasteiger charge is -2.34. The van der Waals surface area contributed by atoms with E-state index in [0.717, 1.165) is 12.8 Å². The molecule has 1 aliphatic heterocycles. The number of hydrogen-bond donors (Lipinski definition) is 1. The smallest absolute Gasteiger partial charge is 0.277 e. The molecule has 3 rings (SSSR count). The minimum atomic E-state index is -0.889. The first-order valence-corrected chi connectivity index (χ1v) is 5.20. The van der Waals surface area contributed by atoms with Gasteiger partial charge in [0.15, 0.2) is 0 Å². The number of carbonyl (C=O) groups is 3. The van der Waals surface area contributed by atoms with Gasteiger partial charge in [0.05, 0.1) is 0 Å². The Labute approximate surface area is 86.8 Å². The fourth-order valence-electron chi connectivity index (χ4n) is 2.14. The minimum absolute atomic E-state index is 0.281. The number of urea groups is 1. The fraction of sp³-hybridized carbons (Fsp3) is 0.700. The third-order valence-corrected chi connectivity index (χ3v) is 3.73. The van der Waals surface area contributed by atoms with Gasteiger partial charge >= 0.3 is 6.03 Å². The van der Waals surface area contributed by atoms with Gasteiger partial charge in [0.25, 0.3) is 0 Å². The van der Waals surface area contributed by atoms with Crippen molar-refractivity contribution in [3.8, 4) is 0 Å². The van der Waals surface area contributed by atoms with Crippen LogP contribution in [-0.2, 0) is 9.59 Å². The molecule has 0 aromatic rings. The molecular formula is C10H12N2O3. The first-order chi connectivity index (χ1) is 7.00. The van der Waals surface area contributed by atoms with Crippen molar-refractivity contribution in [1.82, 2.24) is 10.2 Å². The largest absolute Gasteiger partial charge is 0.331 e. The van der Waals surface area contributed by atoms with Crippen molar-refractivity contribution >= 4 is 17.8 Å². The van der Waals surface area contributed by atoms with Crippen molar-refractivity contribution in [3.63, 3.8) is 0 Å². The van der Waals surface area contributed by atoms with Crippen LogP contribution in [0.15, 0.2) is 0 Å². The van der Waals surface area contributed by atoms with Crippen LogP contribution < -0.4 is 5.32 Å². The van der Waals surface area contributed by atoms with E-state index in [4.69, 9.17) is 0 Å². The second-order valence-electron chi connectivity index (χ2n) is 4.98. The molecular weight excluding hydrogens is 196 g/mol. The first-order valence-electron chi connectivity index (χ1n) is 5.20. The van der Waals surface area contributed by atoms with E-state index in [1.54, 1.807) is 0 Å². The summed E-state index contributed by atoms with van der Waals surface area (Å²) >= 11 is 0. The third kappa shape index (κ3) is 0.952. The summed E-state index contributed by atoms with van der Waals surface area (Å²) in [7, 11) is 0. The summed E-state index contributed by atoms with van der Waals surface area (Å²) in [4.78, 5) is 36.4. The van der Waals surface area contributed by atoms with Crippen molar-refractivity contribution in [1.29, 1.82) is 0 Å². The highest BCUT2D eigenvalue weighted by Crippen LogP contribution is 2.53. The van der Waals surface area contributed by atoms with E-state index < -0.39 is 17.4 Å². The highest BCUT2D eigenvalue weighted by Gasteiger charge is 2.66. The number of rotatable bonds is 1. The second-order valence-corrected chi connectivity index (χ2v) is 4.98.